The predicted molar refractivity (Wildman–Crippen MR) is 77.2 cm³/mol. The molecule has 0 saturated carbocycles. The summed E-state index contributed by atoms with van der Waals surface area (Å²) in [5.41, 5.74) is 0.642. The Kier molecular flexibility index (Phi) is 4.92. The van der Waals surface area contributed by atoms with Gasteiger partial charge >= 0.3 is 6.03 Å². The van der Waals surface area contributed by atoms with Gasteiger partial charge in [-0.1, -0.05) is 28.1 Å². The van der Waals surface area contributed by atoms with E-state index in [1.165, 1.54) is 4.90 Å². The first-order valence-electron chi connectivity index (χ1n) is 6.55. The van der Waals surface area contributed by atoms with Gasteiger partial charge in [-0.15, -0.1) is 0 Å². The molecule has 1 aliphatic rings. The standard InChI is InChI=1S/C14H15BrF2N2O2/c15-11-3-1-10(2-4-11)12(9-20)18-13(21)19-7-5-14(16,17)6-8-19/h1-4,9,12H,5-8H2,(H,18,21). The fraction of sp³-hybridized carbons (Fsp3) is 0.429. The quantitative estimate of drug-likeness (QED) is 0.841. The molecule has 1 fully saturated rings. The Hall–Kier alpha value is -1.50. The van der Waals surface area contributed by atoms with Gasteiger partial charge in [-0.2, -0.15) is 0 Å². The SMILES string of the molecule is O=CC(NC(=O)N1CCC(F)(F)CC1)c1ccc(Br)cc1. The van der Waals surface area contributed by atoms with Crippen molar-refractivity contribution in [1.82, 2.24) is 10.2 Å². The van der Waals surface area contributed by atoms with Crippen molar-refractivity contribution in [3.8, 4) is 0 Å². The van der Waals surface area contributed by atoms with Gasteiger partial charge in [-0.3, -0.25) is 0 Å². The highest BCUT2D eigenvalue weighted by Gasteiger charge is 2.35. The molecule has 21 heavy (non-hydrogen) atoms. The number of carbonyl (C=O) groups excluding carboxylic acids is 2. The third-order valence-electron chi connectivity index (χ3n) is 3.43. The van der Waals surface area contributed by atoms with Crippen molar-refractivity contribution in [2.45, 2.75) is 24.8 Å². The smallest absolute Gasteiger partial charge is 0.318 e. The summed E-state index contributed by atoms with van der Waals surface area (Å²) < 4.78 is 27.0. The Bertz CT molecular complexity index is 512. The Balaban J connectivity index is 1.97. The predicted octanol–water partition coefficient (Wildman–Crippen LogP) is 3.13. The van der Waals surface area contributed by atoms with Crippen LogP contribution in [-0.4, -0.2) is 36.2 Å². The number of halogens is 3. The molecule has 1 aromatic carbocycles. The van der Waals surface area contributed by atoms with Crippen molar-refractivity contribution in [3.05, 3.63) is 34.3 Å². The molecule has 0 bridgehead atoms. The Morgan fingerprint density at radius 1 is 1.29 bits per heavy atom. The van der Waals surface area contributed by atoms with Gasteiger partial charge in [-0.25, -0.2) is 13.6 Å². The van der Waals surface area contributed by atoms with Gasteiger partial charge in [0.25, 0.3) is 5.92 Å². The van der Waals surface area contributed by atoms with Crippen LogP contribution in [0, 0.1) is 0 Å². The van der Waals surface area contributed by atoms with E-state index in [1.807, 2.05) is 0 Å². The number of amides is 2. The minimum atomic E-state index is -2.70. The van der Waals surface area contributed by atoms with Crippen LogP contribution in [0.25, 0.3) is 0 Å². The molecule has 2 amide bonds. The summed E-state index contributed by atoms with van der Waals surface area (Å²) >= 11 is 3.29. The van der Waals surface area contributed by atoms with Crippen LogP contribution < -0.4 is 5.32 Å². The van der Waals surface area contributed by atoms with Crippen LogP contribution >= 0.6 is 15.9 Å². The zero-order chi connectivity index (χ0) is 15.5. The maximum atomic E-state index is 13.1. The van der Waals surface area contributed by atoms with E-state index in [-0.39, 0.29) is 25.9 Å². The number of alkyl halides is 2. The van der Waals surface area contributed by atoms with Crippen molar-refractivity contribution in [3.63, 3.8) is 0 Å². The molecule has 1 heterocycles. The second-order valence-electron chi connectivity index (χ2n) is 4.96. The highest BCUT2D eigenvalue weighted by Crippen LogP contribution is 2.27. The Morgan fingerprint density at radius 3 is 2.38 bits per heavy atom. The first kappa shape index (κ1) is 15.9. The highest BCUT2D eigenvalue weighted by molar-refractivity contribution is 9.10. The van der Waals surface area contributed by atoms with Crippen LogP contribution in [-0.2, 0) is 4.79 Å². The van der Waals surface area contributed by atoms with Gasteiger partial charge < -0.3 is 15.0 Å². The van der Waals surface area contributed by atoms with Crippen LogP contribution in [0.4, 0.5) is 13.6 Å². The monoisotopic (exact) mass is 360 g/mol. The highest BCUT2D eigenvalue weighted by atomic mass is 79.9. The average molecular weight is 361 g/mol. The number of rotatable bonds is 3. The van der Waals surface area contributed by atoms with Gasteiger partial charge in [0.1, 0.15) is 12.3 Å². The van der Waals surface area contributed by atoms with Crippen LogP contribution in [0.5, 0.6) is 0 Å². The summed E-state index contributed by atoms with van der Waals surface area (Å²) in [6, 6.07) is 5.68. The van der Waals surface area contributed by atoms with Crippen molar-refractivity contribution in [1.29, 1.82) is 0 Å². The lowest BCUT2D eigenvalue weighted by atomic mass is 10.1. The van der Waals surface area contributed by atoms with E-state index in [0.29, 0.717) is 11.8 Å². The summed E-state index contributed by atoms with van der Waals surface area (Å²) in [6.07, 6.45) is -0.0609. The fourth-order valence-corrected chi connectivity index (χ4v) is 2.39. The lowest BCUT2D eigenvalue weighted by Gasteiger charge is -2.32. The molecule has 7 heteroatoms. The summed E-state index contributed by atoms with van der Waals surface area (Å²) in [7, 11) is 0. The van der Waals surface area contributed by atoms with Crippen LogP contribution in [0.2, 0.25) is 0 Å². The third-order valence-corrected chi connectivity index (χ3v) is 3.96. The van der Waals surface area contributed by atoms with E-state index < -0.39 is 18.0 Å². The van der Waals surface area contributed by atoms with Gasteiger partial charge in [0.2, 0.25) is 0 Å². The maximum Gasteiger partial charge on any atom is 0.318 e. The minimum absolute atomic E-state index is 0.00918. The molecule has 0 aliphatic carbocycles. The molecule has 0 aromatic heterocycles. The topological polar surface area (TPSA) is 49.4 Å². The molecule has 4 nitrogen and oxygen atoms in total. The molecule has 2 rings (SSSR count). The largest absolute Gasteiger partial charge is 0.324 e. The lowest BCUT2D eigenvalue weighted by Crippen LogP contribution is -2.48. The number of piperidine rings is 1. The van der Waals surface area contributed by atoms with Gasteiger partial charge in [0.15, 0.2) is 0 Å². The summed E-state index contributed by atoms with van der Waals surface area (Å²) in [4.78, 5) is 24.5. The third kappa shape index (κ3) is 4.23. The normalized spacial score (nSPS) is 18.9. The molecule has 1 unspecified atom stereocenters. The van der Waals surface area contributed by atoms with Crippen LogP contribution in [0.3, 0.4) is 0 Å². The fourth-order valence-electron chi connectivity index (χ4n) is 2.13. The molecule has 1 N–H and O–H groups in total. The number of carbonyl (C=O) groups is 2. The number of hydrogen-bond acceptors (Lipinski definition) is 2. The number of nitrogens with one attached hydrogen (secondary N) is 1. The molecular weight excluding hydrogens is 346 g/mol. The molecule has 0 radical (unpaired) electrons. The number of likely N-dealkylation sites (tertiary alicyclic amines) is 1. The second kappa shape index (κ2) is 6.51. The van der Waals surface area contributed by atoms with E-state index in [0.717, 1.165) is 4.47 Å². The van der Waals surface area contributed by atoms with E-state index in [1.54, 1.807) is 24.3 Å². The summed E-state index contributed by atoms with van der Waals surface area (Å²) in [6.45, 7) is -0.0184. The summed E-state index contributed by atoms with van der Waals surface area (Å²) in [5, 5.41) is 2.56. The molecular formula is C14H15BrF2N2O2. The first-order chi connectivity index (χ1) is 9.91. The average Bonchev–Trinajstić information content (AvgIpc) is 2.45. The lowest BCUT2D eigenvalue weighted by molar-refractivity contribution is -0.109. The Labute approximate surface area is 129 Å². The van der Waals surface area contributed by atoms with Gasteiger partial charge in [-0.05, 0) is 17.7 Å². The van der Waals surface area contributed by atoms with Crippen LogP contribution in [0.1, 0.15) is 24.4 Å². The van der Waals surface area contributed by atoms with Gasteiger partial charge in [0, 0.05) is 30.4 Å². The van der Waals surface area contributed by atoms with Crippen molar-refractivity contribution in [2.24, 2.45) is 0 Å². The number of hydrogen-bond donors (Lipinski definition) is 1. The number of benzene rings is 1. The van der Waals surface area contributed by atoms with Crippen LogP contribution in [0.15, 0.2) is 28.7 Å². The second-order valence-corrected chi connectivity index (χ2v) is 5.87. The van der Waals surface area contributed by atoms with E-state index in [9.17, 15) is 18.4 Å². The van der Waals surface area contributed by atoms with E-state index in [4.69, 9.17) is 0 Å². The molecule has 114 valence electrons. The number of aldehydes is 1. The maximum absolute atomic E-state index is 13.1. The van der Waals surface area contributed by atoms with Crippen molar-refractivity contribution in [2.75, 3.05) is 13.1 Å². The van der Waals surface area contributed by atoms with Crippen molar-refractivity contribution < 1.29 is 18.4 Å². The minimum Gasteiger partial charge on any atom is -0.324 e. The Morgan fingerprint density at radius 2 is 1.86 bits per heavy atom. The van der Waals surface area contributed by atoms with Gasteiger partial charge in [0.05, 0.1) is 0 Å². The summed E-state index contributed by atoms with van der Waals surface area (Å²) in [5.74, 6) is -2.70. The molecule has 1 saturated heterocycles. The molecule has 0 spiro atoms. The molecule has 1 aliphatic heterocycles. The number of nitrogens with zero attached hydrogens (tertiary/aromatic N) is 1. The van der Waals surface area contributed by atoms with E-state index >= 15 is 0 Å². The van der Waals surface area contributed by atoms with E-state index in [2.05, 4.69) is 21.2 Å². The number of urea groups is 1. The zero-order valence-corrected chi connectivity index (χ0v) is 12.8. The zero-order valence-electron chi connectivity index (χ0n) is 11.2. The molecule has 1 aromatic rings. The molecule has 1 atom stereocenters. The first-order valence-corrected chi connectivity index (χ1v) is 7.34. The van der Waals surface area contributed by atoms with Crippen molar-refractivity contribution >= 4 is 28.2 Å².